The molecular formula is C20H24N6O3S. The third-order valence-corrected chi connectivity index (χ3v) is 6.38. The summed E-state index contributed by atoms with van der Waals surface area (Å²) in [6, 6.07) is 9.40. The summed E-state index contributed by atoms with van der Waals surface area (Å²) in [5.74, 6) is 0.455. The Morgan fingerprint density at radius 3 is 2.63 bits per heavy atom. The number of imide groups is 1. The van der Waals surface area contributed by atoms with Crippen LogP contribution in [0, 0.1) is 0 Å². The topological polar surface area (TPSA) is 109 Å². The average Bonchev–Trinajstić information content (AvgIpc) is 3.47. The summed E-state index contributed by atoms with van der Waals surface area (Å²) in [4.78, 5) is 36.9. The van der Waals surface area contributed by atoms with Crippen molar-refractivity contribution in [1.29, 1.82) is 0 Å². The second kappa shape index (κ2) is 8.10. The quantitative estimate of drug-likeness (QED) is 0.492. The lowest BCUT2D eigenvalue weighted by Crippen LogP contribution is -2.49. The van der Waals surface area contributed by atoms with Gasteiger partial charge in [0.15, 0.2) is 5.16 Å². The highest BCUT2D eigenvalue weighted by Crippen LogP contribution is 2.40. The number of urea groups is 1. The van der Waals surface area contributed by atoms with Gasteiger partial charge in [0.05, 0.1) is 12.3 Å². The molecule has 9 nitrogen and oxygen atoms in total. The second-order valence-electron chi connectivity index (χ2n) is 7.77. The number of nitrogens with zero attached hydrogens (tertiary/aromatic N) is 4. The predicted octanol–water partition coefficient (Wildman–Crippen LogP) is 2.05. The monoisotopic (exact) mass is 428 g/mol. The van der Waals surface area contributed by atoms with Crippen molar-refractivity contribution in [2.75, 3.05) is 5.75 Å². The number of nitrogens with one attached hydrogen (secondary N) is 2. The Kier molecular flexibility index (Phi) is 5.50. The first-order valence-corrected chi connectivity index (χ1v) is 11.0. The third-order valence-electron chi connectivity index (χ3n) is 5.41. The molecule has 2 aromatic rings. The molecule has 0 radical (unpaired) electrons. The summed E-state index contributed by atoms with van der Waals surface area (Å²) in [6.45, 7) is 4.07. The van der Waals surface area contributed by atoms with Gasteiger partial charge in [-0.15, -0.1) is 10.2 Å². The summed E-state index contributed by atoms with van der Waals surface area (Å²) < 4.78 is 2.05. The van der Waals surface area contributed by atoms with E-state index >= 15 is 0 Å². The Morgan fingerprint density at radius 2 is 2.00 bits per heavy atom. The van der Waals surface area contributed by atoms with Crippen molar-refractivity contribution in [1.82, 2.24) is 30.5 Å². The van der Waals surface area contributed by atoms with Gasteiger partial charge in [-0.1, -0.05) is 49.0 Å². The fourth-order valence-electron chi connectivity index (χ4n) is 3.28. The molecule has 1 aliphatic heterocycles. The number of amides is 4. The van der Waals surface area contributed by atoms with E-state index in [1.165, 1.54) is 11.8 Å². The van der Waals surface area contributed by atoms with Crippen molar-refractivity contribution in [2.45, 2.75) is 56.3 Å². The zero-order valence-corrected chi connectivity index (χ0v) is 17.7. The van der Waals surface area contributed by atoms with E-state index in [4.69, 9.17) is 0 Å². The van der Waals surface area contributed by atoms with Crippen LogP contribution in [-0.4, -0.2) is 48.9 Å². The van der Waals surface area contributed by atoms with E-state index in [-0.39, 0.29) is 5.75 Å². The highest BCUT2D eigenvalue weighted by Gasteiger charge is 2.47. The van der Waals surface area contributed by atoms with Crippen LogP contribution in [0.15, 0.2) is 35.5 Å². The third kappa shape index (κ3) is 4.04. The Labute approximate surface area is 178 Å². The van der Waals surface area contributed by atoms with Crippen molar-refractivity contribution in [3.63, 3.8) is 0 Å². The number of thioether (sulfide) groups is 1. The zero-order chi connectivity index (χ0) is 21.3. The van der Waals surface area contributed by atoms with Gasteiger partial charge in [-0.05, 0) is 31.7 Å². The molecule has 1 aromatic carbocycles. The molecule has 1 saturated heterocycles. The van der Waals surface area contributed by atoms with E-state index in [0.29, 0.717) is 24.0 Å². The molecule has 2 fully saturated rings. The van der Waals surface area contributed by atoms with Crippen molar-refractivity contribution in [2.24, 2.45) is 0 Å². The number of hydrazine groups is 1. The maximum Gasteiger partial charge on any atom is 0.344 e. The van der Waals surface area contributed by atoms with Crippen LogP contribution in [0.3, 0.4) is 0 Å². The fourth-order valence-corrected chi connectivity index (χ4v) is 4.01. The molecule has 1 aliphatic carbocycles. The molecule has 30 heavy (non-hydrogen) atoms. The Balaban J connectivity index is 1.42. The minimum Gasteiger partial charge on any atom is -0.322 e. The Hall–Kier alpha value is -2.88. The lowest BCUT2D eigenvalue weighted by Gasteiger charge is -2.19. The van der Waals surface area contributed by atoms with Crippen molar-refractivity contribution >= 4 is 29.6 Å². The van der Waals surface area contributed by atoms with Crippen LogP contribution in [0.4, 0.5) is 4.79 Å². The molecule has 1 unspecified atom stereocenters. The minimum atomic E-state index is -0.994. The zero-order valence-electron chi connectivity index (χ0n) is 16.9. The average molecular weight is 429 g/mol. The predicted molar refractivity (Wildman–Crippen MR) is 110 cm³/mol. The maximum atomic E-state index is 12.4. The summed E-state index contributed by atoms with van der Waals surface area (Å²) >= 11 is 1.24. The molecule has 10 heteroatoms. The highest BCUT2D eigenvalue weighted by molar-refractivity contribution is 7.99. The lowest BCUT2D eigenvalue weighted by atomic mass is 10.00. The molecule has 0 spiro atoms. The largest absolute Gasteiger partial charge is 0.344 e. The van der Waals surface area contributed by atoms with Crippen LogP contribution in [0.25, 0.3) is 0 Å². The van der Waals surface area contributed by atoms with E-state index in [1.54, 1.807) is 13.8 Å². The highest BCUT2D eigenvalue weighted by atomic mass is 32.2. The maximum absolute atomic E-state index is 12.4. The van der Waals surface area contributed by atoms with Gasteiger partial charge >= 0.3 is 6.03 Å². The first kappa shape index (κ1) is 20.4. The number of hydrogen-bond donors (Lipinski definition) is 2. The molecule has 158 valence electrons. The van der Waals surface area contributed by atoms with Gasteiger partial charge in [0.2, 0.25) is 5.91 Å². The SMILES string of the molecule is CCC1(C)NC(=O)N(NC(=O)CSc2nnc(C3CC3)n2Cc2ccccc2)C1=O. The summed E-state index contributed by atoms with van der Waals surface area (Å²) in [7, 11) is 0. The smallest absolute Gasteiger partial charge is 0.322 e. The Morgan fingerprint density at radius 1 is 1.27 bits per heavy atom. The van der Waals surface area contributed by atoms with Crippen LogP contribution >= 0.6 is 11.8 Å². The van der Waals surface area contributed by atoms with E-state index < -0.39 is 23.4 Å². The van der Waals surface area contributed by atoms with E-state index in [2.05, 4.69) is 20.9 Å². The van der Waals surface area contributed by atoms with Gasteiger partial charge in [-0.25, -0.2) is 4.79 Å². The molecule has 4 rings (SSSR count). The van der Waals surface area contributed by atoms with Crippen molar-refractivity contribution < 1.29 is 14.4 Å². The first-order valence-electron chi connectivity index (χ1n) is 9.97. The number of hydrogen-bond acceptors (Lipinski definition) is 6. The molecule has 2 N–H and O–H groups in total. The van der Waals surface area contributed by atoms with Crippen LogP contribution < -0.4 is 10.7 Å². The van der Waals surface area contributed by atoms with Gasteiger partial charge in [-0.2, -0.15) is 5.01 Å². The van der Waals surface area contributed by atoms with Gasteiger partial charge in [0, 0.05) is 5.92 Å². The van der Waals surface area contributed by atoms with Crippen LogP contribution in [-0.2, 0) is 16.1 Å². The molecule has 0 bridgehead atoms. The normalized spacial score (nSPS) is 21.1. The molecule has 4 amide bonds. The van der Waals surface area contributed by atoms with Gasteiger partial charge in [0.1, 0.15) is 11.4 Å². The summed E-state index contributed by atoms with van der Waals surface area (Å²) in [6.07, 6.45) is 2.63. The molecule has 2 aliphatic rings. The minimum absolute atomic E-state index is 0.0114. The van der Waals surface area contributed by atoms with Crippen molar-refractivity contribution in [3.05, 3.63) is 41.7 Å². The first-order chi connectivity index (χ1) is 14.4. The number of benzene rings is 1. The molecule has 1 aromatic heterocycles. The second-order valence-corrected chi connectivity index (χ2v) is 8.71. The summed E-state index contributed by atoms with van der Waals surface area (Å²) in [5.41, 5.74) is 2.54. The van der Waals surface area contributed by atoms with Crippen LogP contribution in [0.1, 0.15) is 50.4 Å². The van der Waals surface area contributed by atoms with E-state index in [1.807, 2.05) is 34.9 Å². The molecule has 1 atom stereocenters. The fraction of sp³-hybridized carbons (Fsp3) is 0.450. The standard InChI is InChI=1S/C20H24N6O3S/c1-3-20(2)17(28)26(18(29)21-20)24-15(27)12-30-19-23-22-16(14-9-10-14)25(19)11-13-7-5-4-6-8-13/h4-8,14H,3,9-12H2,1-2H3,(H,21,29)(H,24,27). The lowest BCUT2D eigenvalue weighted by molar-refractivity contribution is -0.137. The number of rotatable bonds is 8. The molecule has 1 saturated carbocycles. The molecule has 2 heterocycles. The number of carbonyl (C=O) groups is 3. The number of carbonyl (C=O) groups excluding carboxylic acids is 3. The Bertz CT molecular complexity index is 974. The van der Waals surface area contributed by atoms with E-state index in [9.17, 15) is 14.4 Å². The number of aromatic nitrogens is 3. The van der Waals surface area contributed by atoms with Crippen molar-refractivity contribution in [3.8, 4) is 0 Å². The van der Waals surface area contributed by atoms with Gasteiger partial charge in [-0.3, -0.25) is 15.0 Å². The van der Waals surface area contributed by atoms with E-state index in [0.717, 1.165) is 29.2 Å². The van der Waals surface area contributed by atoms with Crippen LogP contribution in [0.5, 0.6) is 0 Å². The van der Waals surface area contributed by atoms with Gasteiger partial charge in [0.25, 0.3) is 5.91 Å². The van der Waals surface area contributed by atoms with Gasteiger partial charge < -0.3 is 9.88 Å². The van der Waals surface area contributed by atoms with Crippen LogP contribution in [0.2, 0.25) is 0 Å². The molecular weight excluding hydrogens is 404 g/mol. The summed E-state index contributed by atoms with van der Waals surface area (Å²) in [5, 5.41) is 12.6.